The molecule has 14 heteroatoms. The molecule has 1 atom stereocenters. The highest BCUT2D eigenvalue weighted by Gasteiger charge is 2.35. The highest BCUT2D eigenvalue weighted by molar-refractivity contribution is 7.81. The number of carbonyl (C=O) groups is 3. The summed E-state index contributed by atoms with van der Waals surface area (Å²) in [5.41, 5.74) is -0.787. The summed E-state index contributed by atoms with van der Waals surface area (Å²) in [5.74, 6) is -1.78. The Morgan fingerprint density at radius 1 is 1.11 bits per heavy atom. The van der Waals surface area contributed by atoms with Crippen LogP contribution in [0, 0.1) is 0 Å². The second-order valence-corrected chi connectivity index (χ2v) is 11.2. The Balaban J connectivity index is 1.74. The van der Waals surface area contributed by atoms with Gasteiger partial charge in [-0.2, -0.15) is 8.42 Å². The SMILES string of the molecule is Cn1c(=O)n(C2CCC(=O)NC2=O)c2ccc(C3CCN(C(=O)OC(C)(C)C)CC3)c(OS(=O)(=O)F)c21. The number of nitrogens with one attached hydrogen (secondary N) is 1. The summed E-state index contributed by atoms with van der Waals surface area (Å²) in [4.78, 5) is 51.2. The molecule has 2 aromatic rings. The van der Waals surface area contributed by atoms with Crippen LogP contribution < -0.4 is 15.2 Å². The molecule has 0 bridgehead atoms. The van der Waals surface area contributed by atoms with Gasteiger partial charge >= 0.3 is 22.3 Å². The minimum atomic E-state index is -5.47. The van der Waals surface area contributed by atoms with Crippen LogP contribution in [0.5, 0.6) is 5.75 Å². The van der Waals surface area contributed by atoms with Crippen LogP contribution in [-0.2, 0) is 31.9 Å². The van der Waals surface area contributed by atoms with E-state index in [2.05, 4.69) is 5.32 Å². The predicted octanol–water partition coefficient (Wildman–Crippen LogP) is 2.03. The number of aromatic nitrogens is 2. The number of imidazole rings is 1. The number of fused-ring (bicyclic) bond motifs is 1. The number of amides is 3. The molecule has 37 heavy (non-hydrogen) atoms. The molecule has 2 aliphatic rings. The number of hydrogen-bond acceptors (Lipinski definition) is 8. The molecule has 1 aromatic heterocycles. The summed E-state index contributed by atoms with van der Waals surface area (Å²) in [6.07, 6.45) is 0.458. The zero-order chi connectivity index (χ0) is 27.3. The van der Waals surface area contributed by atoms with Crippen molar-refractivity contribution in [2.24, 2.45) is 7.05 Å². The van der Waals surface area contributed by atoms with Crippen molar-refractivity contribution in [2.75, 3.05) is 13.1 Å². The molecule has 0 spiro atoms. The van der Waals surface area contributed by atoms with Crippen LogP contribution in [0.15, 0.2) is 16.9 Å². The lowest BCUT2D eigenvalue weighted by Crippen LogP contribution is -2.44. The van der Waals surface area contributed by atoms with Crippen LogP contribution in [0.2, 0.25) is 0 Å². The fourth-order valence-corrected chi connectivity index (χ4v) is 5.27. The third kappa shape index (κ3) is 5.48. The van der Waals surface area contributed by atoms with Crippen LogP contribution in [0.25, 0.3) is 11.0 Å². The molecule has 2 aliphatic heterocycles. The number of benzene rings is 1. The van der Waals surface area contributed by atoms with E-state index in [4.69, 9.17) is 8.92 Å². The first-order chi connectivity index (χ1) is 17.2. The smallest absolute Gasteiger partial charge is 0.444 e. The van der Waals surface area contributed by atoms with Gasteiger partial charge in [0.05, 0.1) is 5.52 Å². The summed E-state index contributed by atoms with van der Waals surface area (Å²) < 4.78 is 49.5. The van der Waals surface area contributed by atoms with E-state index in [1.165, 1.54) is 7.05 Å². The van der Waals surface area contributed by atoms with Gasteiger partial charge in [-0.05, 0) is 52.0 Å². The van der Waals surface area contributed by atoms with Crippen LogP contribution in [0.4, 0.5) is 8.68 Å². The van der Waals surface area contributed by atoms with E-state index in [1.807, 2.05) is 0 Å². The minimum Gasteiger partial charge on any atom is -0.444 e. The van der Waals surface area contributed by atoms with E-state index in [9.17, 15) is 31.5 Å². The zero-order valence-electron chi connectivity index (χ0n) is 20.9. The number of aryl methyl sites for hydroxylation is 1. The monoisotopic (exact) mass is 540 g/mol. The van der Waals surface area contributed by atoms with Gasteiger partial charge in [0.2, 0.25) is 11.8 Å². The Labute approximate surface area is 212 Å². The number of nitrogens with zero attached hydrogens (tertiary/aromatic N) is 3. The number of likely N-dealkylation sites (tertiary alicyclic amines) is 1. The average Bonchev–Trinajstić information content (AvgIpc) is 3.03. The van der Waals surface area contributed by atoms with Crippen molar-refractivity contribution < 1.29 is 35.6 Å². The van der Waals surface area contributed by atoms with Crippen molar-refractivity contribution in [2.45, 2.75) is 64.0 Å². The number of piperidine rings is 2. The number of ether oxygens (including phenoxy) is 1. The molecule has 1 N–H and O–H groups in total. The zero-order valence-corrected chi connectivity index (χ0v) is 21.8. The number of rotatable bonds is 4. The van der Waals surface area contributed by atoms with E-state index < -0.39 is 45.7 Å². The second kappa shape index (κ2) is 9.47. The normalized spacial score (nSPS) is 19.7. The van der Waals surface area contributed by atoms with Gasteiger partial charge in [-0.25, -0.2) is 9.59 Å². The fourth-order valence-electron chi connectivity index (χ4n) is 4.89. The molecule has 0 saturated carbocycles. The molecule has 1 unspecified atom stereocenters. The van der Waals surface area contributed by atoms with Crippen molar-refractivity contribution in [3.63, 3.8) is 0 Å². The second-order valence-electron chi connectivity index (χ2n) is 10.2. The van der Waals surface area contributed by atoms with Gasteiger partial charge in [-0.1, -0.05) is 9.95 Å². The molecule has 2 saturated heterocycles. The molecule has 2 fully saturated rings. The highest BCUT2D eigenvalue weighted by atomic mass is 32.3. The minimum absolute atomic E-state index is 0.00277. The Hall–Kier alpha value is -3.42. The predicted molar refractivity (Wildman–Crippen MR) is 129 cm³/mol. The van der Waals surface area contributed by atoms with Gasteiger partial charge in [0, 0.05) is 32.1 Å². The number of hydrogen-bond donors (Lipinski definition) is 1. The molecule has 3 heterocycles. The van der Waals surface area contributed by atoms with Crippen LogP contribution in [0.1, 0.15) is 64.0 Å². The first-order valence-corrected chi connectivity index (χ1v) is 13.2. The molecule has 1 aromatic carbocycles. The van der Waals surface area contributed by atoms with Crippen molar-refractivity contribution in [1.82, 2.24) is 19.4 Å². The largest absolute Gasteiger partial charge is 0.488 e. The van der Waals surface area contributed by atoms with Gasteiger partial charge in [0.1, 0.15) is 17.2 Å². The summed E-state index contributed by atoms with van der Waals surface area (Å²) in [7, 11) is -4.11. The van der Waals surface area contributed by atoms with Crippen LogP contribution in [0.3, 0.4) is 0 Å². The first kappa shape index (κ1) is 26.6. The molecular weight excluding hydrogens is 511 g/mol. The van der Waals surface area contributed by atoms with Gasteiger partial charge < -0.3 is 13.8 Å². The van der Waals surface area contributed by atoms with E-state index in [1.54, 1.807) is 37.8 Å². The lowest BCUT2D eigenvalue weighted by Gasteiger charge is -2.34. The van der Waals surface area contributed by atoms with Crippen molar-refractivity contribution >= 4 is 39.4 Å². The lowest BCUT2D eigenvalue weighted by molar-refractivity contribution is -0.135. The van der Waals surface area contributed by atoms with E-state index in [-0.39, 0.29) is 35.5 Å². The lowest BCUT2D eigenvalue weighted by atomic mass is 9.88. The third-order valence-electron chi connectivity index (χ3n) is 6.52. The fraction of sp³-hybridized carbons (Fsp3) is 0.565. The maximum absolute atomic E-state index is 13.9. The number of halogens is 1. The summed E-state index contributed by atoms with van der Waals surface area (Å²) in [6.45, 7) is 5.92. The van der Waals surface area contributed by atoms with Crippen molar-refractivity contribution in [1.29, 1.82) is 0 Å². The maximum Gasteiger partial charge on any atom is 0.488 e. The van der Waals surface area contributed by atoms with E-state index in [0.29, 0.717) is 31.5 Å². The first-order valence-electron chi connectivity index (χ1n) is 11.9. The Bertz CT molecular complexity index is 1430. The number of imide groups is 1. The molecule has 12 nitrogen and oxygen atoms in total. The summed E-state index contributed by atoms with van der Waals surface area (Å²) in [6, 6.07) is 2.08. The quantitative estimate of drug-likeness (QED) is 0.458. The summed E-state index contributed by atoms with van der Waals surface area (Å²) >= 11 is 0. The Morgan fingerprint density at radius 3 is 2.32 bits per heavy atom. The summed E-state index contributed by atoms with van der Waals surface area (Å²) in [5, 5.41) is 2.20. The number of carbonyl (C=O) groups excluding carboxylic acids is 3. The van der Waals surface area contributed by atoms with Crippen molar-refractivity contribution in [3.05, 3.63) is 28.2 Å². The average molecular weight is 541 g/mol. The standard InChI is InChI=1S/C23H29FN4O8S/c1-23(2,3)35-22(32)27-11-9-13(10-12-27)14-5-6-15-18(19(14)36-37(24,33)34)26(4)21(31)28(15)16-7-8-17(29)25-20(16)30/h5-6,13,16H,7-12H2,1-4H3,(H,25,29,30). The van der Waals surface area contributed by atoms with E-state index in [0.717, 1.165) is 9.13 Å². The molecule has 4 rings (SSSR count). The molecule has 3 amide bonds. The topological polar surface area (TPSA) is 146 Å². The van der Waals surface area contributed by atoms with E-state index >= 15 is 0 Å². The molecule has 202 valence electrons. The van der Waals surface area contributed by atoms with Crippen molar-refractivity contribution in [3.8, 4) is 5.75 Å². The molecular formula is C23H29FN4O8S. The van der Waals surface area contributed by atoms with Gasteiger partial charge in [-0.3, -0.25) is 24.0 Å². The molecule has 0 radical (unpaired) electrons. The van der Waals surface area contributed by atoms with Gasteiger partial charge in [0.25, 0.3) is 0 Å². The Morgan fingerprint density at radius 2 is 1.76 bits per heavy atom. The Kier molecular flexibility index (Phi) is 6.82. The van der Waals surface area contributed by atoms with Gasteiger partial charge in [-0.15, -0.1) is 0 Å². The highest BCUT2D eigenvalue weighted by Crippen LogP contribution is 2.40. The molecule has 0 aliphatic carbocycles. The maximum atomic E-state index is 13.9. The van der Waals surface area contributed by atoms with Crippen LogP contribution in [-0.4, -0.2) is 59.1 Å². The van der Waals surface area contributed by atoms with Crippen LogP contribution >= 0.6 is 0 Å². The van der Waals surface area contributed by atoms with Gasteiger partial charge in [0.15, 0.2) is 5.75 Å². The third-order valence-corrected chi connectivity index (χ3v) is 6.89.